The van der Waals surface area contributed by atoms with Crippen LogP contribution in [0.4, 0.5) is 29.5 Å². The number of amides is 3. The predicted molar refractivity (Wildman–Crippen MR) is 196 cm³/mol. The lowest BCUT2D eigenvalue weighted by atomic mass is 10.00. The van der Waals surface area contributed by atoms with Gasteiger partial charge in [0.05, 0.1) is 36.9 Å². The van der Waals surface area contributed by atoms with E-state index in [1.54, 1.807) is 47.5 Å². The largest absolute Gasteiger partial charge is 0.573 e. The first kappa shape index (κ1) is 38.1. The lowest BCUT2D eigenvalue weighted by molar-refractivity contribution is -0.274. The molecule has 0 bridgehead atoms. The van der Waals surface area contributed by atoms with Crippen LogP contribution in [-0.4, -0.2) is 89.5 Å². The van der Waals surface area contributed by atoms with Crippen molar-refractivity contribution in [1.82, 2.24) is 30.5 Å². The van der Waals surface area contributed by atoms with E-state index in [2.05, 4.69) is 47.5 Å². The van der Waals surface area contributed by atoms with Crippen LogP contribution in [0.5, 0.6) is 5.75 Å². The van der Waals surface area contributed by atoms with Crippen molar-refractivity contribution in [2.75, 3.05) is 43.5 Å². The third kappa shape index (κ3) is 8.76. The third-order valence-electron chi connectivity index (χ3n) is 9.62. The lowest BCUT2D eigenvalue weighted by Gasteiger charge is -2.34. The molecule has 2 fully saturated rings. The van der Waals surface area contributed by atoms with Gasteiger partial charge in [0.1, 0.15) is 23.4 Å². The second-order valence-corrected chi connectivity index (χ2v) is 13.7. The number of aromatic nitrogens is 3. The van der Waals surface area contributed by atoms with Crippen molar-refractivity contribution in [3.05, 3.63) is 78.4 Å². The van der Waals surface area contributed by atoms with Gasteiger partial charge in [0.2, 0.25) is 5.91 Å². The van der Waals surface area contributed by atoms with Crippen LogP contribution in [0.3, 0.4) is 0 Å². The number of nitrogens with zero attached hydrogens (tertiary/aromatic N) is 4. The molecule has 0 aliphatic carbocycles. The Labute approximate surface area is 310 Å². The van der Waals surface area contributed by atoms with Gasteiger partial charge in [0.25, 0.3) is 5.91 Å². The van der Waals surface area contributed by atoms with Gasteiger partial charge in [-0.15, -0.1) is 13.2 Å². The molecular weight excluding hydrogens is 705 g/mol. The number of halogens is 3. The average Bonchev–Trinajstić information content (AvgIpc) is 3.84. The number of aromatic amines is 1. The molecule has 3 amide bonds. The maximum absolute atomic E-state index is 13.6. The van der Waals surface area contributed by atoms with Crippen molar-refractivity contribution in [3.8, 4) is 28.1 Å². The molecule has 2 saturated heterocycles. The number of hydrogen-bond donors (Lipinski definition) is 4. The van der Waals surface area contributed by atoms with Crippen molar-refractivity contribution >= 4 is 29.4 Å². The molecule has 6 rings (SSSR count). The molecule has 0 saturated carbocycles. The van der Waals surface area contributed by atoms with Crippen molar-refractivity contribution in [3.63, 3.8) is 0 Å². The summed E-state index contributed by atoms with van der Waals surface area (Å²) in [7, 11) is 1.24. The number of alkyl carbamates (subject to hydrolysis) is 1. The maximum Gasteiger partial charge on any atom is 0.573 e. The molecule has 0 spiro atoms. The molecule has 13 nitrogen and oxygen atoms in total. The number of ether oxygens (including phenoxy) is 2. The minimum absolute atomic E-state index is 0.0281. The van der Waals surface area contributed by atoms with Crippen LogP contribution in [0.2, 0.25) is 0 Å². The second-order valence-electron chi connectivity index (χ2n) is 13.7. The molecular formula is C38H43F3N8O5. The summed E-state index contributed by atoms with van der Waals surface area (Å²) in [5.41, 5.74) is 2.29. The average molecular weight is 749 g/mol. The fourth-order valence-corrected chi connectivity index (χ4v) is 6.80. The number of imidazole rings is 1. The number of pyridine rings is 1. The number of piperazine rings is 1. The summed E-state index contributed by atoms with van der Waals surface area (Å²) in [5.74, 6) is -0.203. The zero-order valence-electron chi connectivity index (χ0n) is 30.4. The number of carbonyl (C=O) groups excluding carboxylic acids is 3. The van der Waals surface area contributed by atoms with E-state index in [1.165, 1.54) is 25.4 Å². The molecule has 2 aromatic carbocycles. The smallest absolute Gasteiger partial charge is 0.453 e. The van der Waals surface area contributed by atoms with Crippen LogP contribution in [0.15, 0.2) is 67.0 Å². The molecule has 54 heavy (non-hydrogen) atoms. The number of alkyl halides is 3. The summed E-state index contributed by atoms with van der Waals surface area (Å²) < 4.78 is 49.9. The van der Waals surface area contributed by atoms with Crippen LogP contribution in [0, 0.1) is 5.92 Å². The standard InChI is InChI=1S/C38H43F3N8O5/c1-22(2)33(47-37(52)53-4)36(51)49-16-5-6-30(49)34-44-21-29(46-34)25-9-7-24(8-10-25)28-13-11-26(18-31(28)54-38(39,40)41)35(50)45-27-12-14-32(43-20-27)48-17-15-42-19-23(48)3/h7-14,18,20-23,30,33,42H,5-6,15-17,19H2,1-4H3,(H,44,46)(H,45,50)(H,47,52)/t23?,30?,33-/m0/s1. The SMILES string of the molecule is COC(=O)N[C@H](C(=O)N1CCCC1c1ncc(-c2ccc(-c3ccc(C(=O)Nc4ccc(N5CCNCC5C)nc4)cc3OC(F)(F)F)cc2)[nH]1)C(C)C. The van der Waals surface area contributed by atoms with E-state index < -0.39 is 30.2 Å². The number of carbonyl (C=O) groups is 3. The fourth-order valence-electron chi connectivity index (χ4n) is 6.80. The minimum Gasteiger partial charge on any atom is -0.453 e. The van der Waals surface area contributed by atoms with Gasteiger partial charge in [-0.25, -0.2) is 14.8 Å². The molecule has 4 heterocycles. The molecule has 2 aliphatic heterocycles. The summed E-state index contributed by atoms with van der Waals surface area (Å²) in [6.07, 6.45) is -1.10. The molecule has 16 heteroatoms. The van der Waals surface area contributed by atoms with Gasteiger partial charge in [-0.3, -0.25) is 9.59 Å². The fraction of sp³-hybridized carbons (Fsp3) is 0.395. The molecule has 286 valence electrons. The summed E-state index contributed by atoms with van der Waals surface area (Å²) in [4.78, 5) is 54.8. The normalized spacial score (nSPS) is 18.0. The molecule has 3 atom stereocenters. The van der Waals surface area contributed by atoms with Gasteiger partial charge in [-0.1, -0.05) is 38.1 Å². The van der Waals surface area contributed by atoms with Gasteiger partial charge in [0.15, 0.2) is 0 Å². The highest BCUT2D eigenvalue weighted by Crippen LogP contribution is 2.37. The topological polar surface area (TPSA) is 154 Å². The van der Waals surface area contributed by atoms with Crippen LogP contribution in [-0.2, 0) is 9.53 Å². The van der Waals surface area contributed by atoms with Crippen molar-refractivity contribution < 1.29 is 37.0 Å². The van der Waals surface area contributed by atoms with E-state index in [1.807, 2.05) is 13.8 Å². The highest BCUT2D eigenvalue weighted by atomic mass is 19.4. The first-order chi connectivity index (χ1) is 25.8. The van der Waals surface area contributed by atoms with E-state index in [0.29, 0.717) is 41.3 Å². The van der Waals surface area contributed by atoms with E-state index >= 15 is 0 Å². The summed E-state index contributed by atoms with van der Waals surface area (Å²) in [6.45, 7) is 8.74. The Kier molecular flexibility index (Phi) is 11.4. The van der Waals surface area contributed by atoms with E-state index in [9.17, 15) is 27.6 Å². The third-order valence-corrected chi connectivity index (χ3v) is 9.62. The van der Waals surface area contributed by atoms with Crippen LogP contribution in [0.1, 0.15) is 55.8 Å². The number of methoxy groups -OCH3 is 1. The number of benzene rings is 2. The summed E-state index contributed by atoms with van der Waals surface area (Å²) in [5, 5.41) is 8.66. The first-order valence-electron chi connectivity index (χ1n) is 17.8. The molecule has 2 unspecified atom stereocenters. The Morgan fingerprint density at radius 1 is 0.981 bits per heavy atom. The van der Waals surface area contributed by atoms with Gasteiger partial charge < -0.3 is 40.2 Å². The Hall–Kier alpha value is -5.64. The number of likely N-dealkylation sites (tertiary alicyclic amines) is 1. The molecule has 0 radical (unpaired) electrons. The zero-order chi connectivity index (χ0) is 38.6. The number of hydrogen-bond acceptors (Lipinski definition) is 9. The summed E-state index contributed by atoms with van der Waals surface area (Å²) >= 11 is 0. The van der Waals surface area contributed by atoms with Crippen LogP contribution < -0.4 is 25.6 Å². The van der Waals surface area contributed by atoms with Gasteiger partial charge in [0, 0.05) is 43.3 Å². The van der Waals surface area contributed by atoms with Crippen molar-refractivity contribution in [1.29, 1.82) is 0 Å². The van der Waals surface area contributed by atoms with E-state index in [-0.39, 0.29) is 35.0 Å². The molecule has 2 aliphatic rings. The van der Waals surface area contributed by atoms with Gasteiger partial charge >= 0.3 is 12.5 Å². The van der Waals surface area contributed by atoms with Gasteiger partial charge in [-0.2, -0.15) is 0 Å². The van der Waals surface area contributed by atoms with Crippen molar-refractivity contribution in [2.45, 2.75) is 58.1 Å². The number of anilines is 2. The highest BCUT2D eigenvalue weighted by Gasteiger charge is 2.37. The predicted octanol–water partition coefficient (Wildman–Crippen LogP) is 6.13. The maximum atomic E-state index is 13.6. The zero-order valence-corrected chi connectivity index (χ0v) is 30.4. The number of rotatable bonds is 10. The van der Waals surface area contributed by atoms with Gasteiger partial charge in [-0.05, 0) is 67.1 Å². The van der Waals surface area contributed by atoms with Crippen LogP contribution >= 0.6 is 0 Å². The molecule has 2 aromatic heterocycles. The van der Waals surface area contributed by atoms with E-state index in [4.69, 9.17) is 4.74 Å². The first-order valence-corrected chi connectivity index (χ1v) is 17.8. The number of nitrogens with one attached hydrogen (secondary N) is 4. The lowest BCUT2D eigenvalue weighted by Crippen LogP contribution is -2.51. The van der Waals surface area contributed by atoms with Crippen LogP contribution in [0.25, 0.3) is 22.4 Å². The Bertz CT molecular complexity index is 1950. The summed E-state index contributed by atoms with van der Waals surface area (Å²) in [6, 6.07) is 13.3. The number of H-pyrrole nitrogens is 1. The second kappa shape index (κ2) is 16.2. The van der Waals surface area contributed by atoms with E-state index in [0.717, 1.165) is 37.9 Å². The minimum atomic E-state index is -5.00. The Balaban J connectivity index is 1.17. The highest BCUT2D eigenvalue weighted by molar-refractivity contribution is 6.05. The Morgan fingerprint density at radius 2 is 1.74 bits per heavy atom. The van der Waals surface area contributed by atoms with Crippen molar-refractivity contribution in [2.24, 2.45) is 5.92 Å². The quantitative estimate of drug-likeness (QED) is 0.150. The monoisotopic (exact) mass is 748 g/mol. The molecule has 4 aromatic rings. The Morgan fingerprint density at radius 3 is 2.41 bits per heavy atom. The molecule has 4 N–H and O–H groups in total.